The van der Waals surface area contributed by atoms with E-state index in [0.717, 1.165) is 48.3 Å². The Morgan fingerprint density at radius 2 is 1.79 bits per heavy atom. The predicted molar refractivity (Wildman–Crippen MR) is 147 cm³/mol. The molecule has 4 aromatic rings. The van der Waals surface area contributed by atoms with Gasteiger partial charge < -0.3 is 15.0 Å². The number of amides is 1. The molecule has 0 aliphatic heterocycles. The van der Waals surface area contributed by atoms with Gasteiger partial charge in [-0.3, -0.25) is 9.48 Å². The van der Waals surface area contributed by atoms with Gasteiger partial charge in [0.2, 0.25) is 0 Å². The average molecular weight is 507 g/mol. The Hall–Kier alpha value is -4.64. The minimum Gasteiger partial charge on any atom is -0.484 e. The van der Waals surface area contributed by atoms with Crippen LogP contribution in [0.25, 0.3) is 11.1 Å². The standard InChI is InChI=1S/C30H30N6O2/c1-35-20-24(19-33-35)23-8-12-26(13-9-23)36(30(37)21-38-28-5-3-2-4-6-28)27-14-10-25(11-15-27)34-29-16-7-22(17-31)18-32-29/h2-9,12-13,16,18-20,25,27H,10-11,14-15,21H2,1H3,(H,32,34)/t25-,27-. The third-order valence-corrected chi connectivity index (χ3v) is 6.86. The number of carbonyl (C=O) groups is 1. The van der Waals surface area contributed by atoms with Gasteiger partial charge in [0.1, 0.15) is 17.6 Å². The Morgan fingerprint density at radius 3 is 2.42 bits per heavy atom. The molecule has 0 atom stereocenters. The molecule has 1 saturated carbocycles. The Bertz CT molecular complexity index is 1390. The van der Waals surface area contributed by atoms with Crippen LogP contribution >= 0.6 is 0 Å². The van der Waals surface area contributed by atoms with E-state index in [4.69, 9.17) is 10.00 Å². The first-order chi connectivity index (χ1) is 18.6. The van der Waals surface area contributed by atoms with Crippen molar-refractivity contribution in [3.05, 3.63) is 90.9 Å². The second kappa shape index (κ2) is 11.6. The SMILES string of the molecule is Cn1cc(-c2ccc(N(C(=O)COc3ccccc3)[C@H]3CC[C@H](Nc4ccc(C#N)cn4)CC3)cc2)cn1. The van der Waals surface area contributed by atoms with Crippen LogP contribution in [-0.4, -0.2) is 39.4 Å². The molecule has 2 aromatic heterocycles. The monoisotopic (exact) mass is 506 g/mol. The zero-order valence-electron chi connectivity index (χ0n) is 21.3. The molecule has 5 rings (SSSR count). The first-order valence-electron chi connectivity index (χ1n) is 12.8. The number of benzene rings is 2. The molecule has 38 heavy (non-hydrogen) atoms. The van der Waals surface area contributed by atoms with Crippen molar-refractivity contribution in [1.82, 2.24) is 14.8 Å². The number of anilines is 2. The van der Waals surface area contributed by atoms with Gasteiger partial charge in [-0.05, 0) is 67.6 Å². The molecule has 0 bridgehead atoms. The molecule has 8 nitrogen and oxygen atoms in total. The van der Waals surface area contributed by atoms with Gasteiger partial charge in [0.15, 0.2) is 6.61 Å². The molecule has 8 heteroatoms. The quantitative estimate of drug-likeness (QED) is 0.353. The van der Waals surface area contributed by atoms with Gasteiger partial charge in [0, 0.05) is 42.8 Å². The molecule has 0 saturated heterocycles. The summed E-state index contributed by atoms with van der Waals surface area (Å²) in [6, 6.07) is 23.5. The largest absolute Gasteiger partial charge is 0.484 e. The van der Waals surface area contributed by atoms with E-state index in [1.165, 1.54) is 0 Å². The lowest BCUT2D eigenvalue weighted by Crippen LogP contribution is -2.46. The van der Waals surface area contributed by atoms with Gasteiger partial charge in [0.25, 0.3) is 5.91 Å². The van der Waals surface area contributed by atoms with Crippen molar-refractivity contribution in [3.63, 3.8) is 0 Å². The fourth-order valence-corrected chi connectivity index (χ4v) is 4.91. The van der Waals surface area contributed by atoms with Gasteiger partial charge in [-0.2, -0.15) is 10.4 Å². The molecule has 2 aromatic carbocycles. The van der Waals surface area contributed by atoms with E-state index in [1.807, 2.05) is 85.0 Å². The molecule has 1 fully saturated rings. The summed E-state index contributed by atoms with van der Waals surface area (Å²) in [5.74, 6) is 1.38. The van der Waals surface area contributed by atoms with Crippen LogP contribution in [0.1, 0.15) is 31.2 Å². The van der Waals surface area contributed by atoms with Crippen LogP contribution in [0, 0.1) is 11.3 Å². The van der Waals surface area contributed by atoms with E-state index < -0.39 is 0 Å². The van der Waals surface area contributed by atoms with Crippen LogP contribution in [0.3, 0.4) is 0 Å². The average Bonchev–Trinajstić information content (AvgIpc) is 3.40. The second-order valence-electron chi connectivity index (χ2n) is 9.51. The Labute approximate surface area is 222 Å². The molecular formula is C30H30N6O2. The summed E-state index contributed by atoms with van der Waals surface area (Å²) in [6.07, 6.45) is 8.92. The van der Waals surface area contributed by atoms with Crippen molar-refractivity contribution >= 4 is 17.4 Å². The number of ether oxygens (including phenoxy) is 1. The van der Waals surface area contributed by atoms with Crippen LogP contribution in [0.4, 0.5) is 11.5 Å². The Morgan fingerprint density at radius 1 is 1.03 bits per heavy atom. The molecule has 0 radical (unpaired) electrons. The van der Waals surface area contributed by atoms with E-state index in [-0.39, 0.29) is 24.6 Å². The van der Waals surface area contributed by atoms with Gasteiger partial charge in [-0.1, -0.05) is 30.3 Å². The third kappa shape index (κ3) is 6.01. The number of para-hydroxylation sites is 1. The van der Waals surface area contributed by atoms with Crippen LogP contribution < -0.4 is 15.0 Å². The summed E-state index contributed by atoms with van der Waals surface area (Å²) >= 11 is 0. The summed E-state index contributed by atoms with van der Waals surface area (Å²) in [6.45, 7) is -0.0261. The number of aromatic nitrogens is 3. The van der Waals surface area contributed by atoms with E-state index in [2.05, 4.69) is 21.5 Å². The van der Waals surface area contributed by atoms with Crippen molar-refractivity contribution in [3.8, 4) is 22.9 Å². The molecule has 1 aliphatic carbocycles. The third-order valence-electron chi connectivity index (χ3n) is 6.86. The highest BCUT2D eigenvalue weighted by Gasteiger charge is 2.30. The van der Waals surface area contributed by atoms with E-state index in [9.17, 15) is 4.79 Å². The number of rotatable bonds is 8. The summed E-state index contributed by atoms with van der Waals surface area (Å²) in [4.78, 5) is 19.8. The molecule has 192 valence electrons. The summed E-state index contributed by atoms with van der Waals surface area (Å²) in [7, 11) is 1.90. The summed E-state index contributed by atoms with van der Waals surface area (Å²) in [5.41, 5.74) is 3.50. The highest BCUT2D eigenvalue weighted by atomic mass is 16.5. The maximum absolute atomic E-state index is 13.5. The number of hydrogen-bond acceptors (Lipinski definition) is 6. The fourth-order valence-electron chi connectivity index (χ4n) is 4.91. The smallest absolute Gasteiger partial charge is 0.265 e. The minimum absolute atomic E-state index is 0.0261. The molecule has 1 aliphatic rings. The Kier molecular flexibility index (Phi) is 7.65. The zero-order valence-corrected chi connectivity index (χ0v) is 21.3. The van der Waals surface area contributed by atoms with Gasteiger partial charge in [-0.15, -0.1) is 0 Å². The normalized spacial score (nSPS) is 16.8. The number of nitrogens with one attached hydrogen (secondary N) is 1. The van der Waals surface area contributed by atoms with Crippen LogP contribution in [-0.2, 0) is 11.8 Å². The fraction of sp³-hybridized carbons (Fsp3) is 0.267. The second-order valence-corrected chi connectivity index (χ2v) is 9.51. The maximum atomic E-state index is 13.5. The number of pyridine rings is 1. The maximum Gasteiger partial charge on any atom is 0.265 e. The van der Waals surface area contributed by atoms with Gasteiger partial charge >= 0.3 is 0 Å². The van der Waals surface area contributed by atoms with Gasteiger partial charge in [0.05, 0.1) is 11.8 Å². The number of nitriles is 1. The zero-order chi connectivity index (χ0) is 26.3. The van der Waals surface area contributed by atoms with Crippen LogP contribution in [0.2, 0.25) is 0 Å². The number of nitrogens with zero attached hydrogens (tertiary/aromatic N) is 5. The molecular weight excluding hydrogens is 476 g/mol. The van der Waals surface area contributed by atoms with Crippen molar-refractivity contribution < 1.29 is 9.53 Å². The first kappa shape index (κ1) is 25.0. The number of carbonyl (C=O) groups excluding carboxylic acids is 1. The predicted octanol–water partition coefficient (Wildman–Crippen LogP) is 5.19. The lowest BCUT2D eigenvalue weighted by molar-refractivity contribution is -0.121. The molecule has 1 amide bonds. The van der Waals surface area contributed by atoms with Crippen LogP contribution in [0.5, 0.6) is 5.75 Å². The van der Waals surface area contributed by atoms with E-state index in [1.54, 1.807) is 16.9 Å². The number of hydrogen-bond donors (Lipinski definition) is 1. The minimum atomic E-state index is -0.0619. The molecule has 0 unspecified atom stereocenters. The van der Waals surface area contributed by atoms with E-state index in [0.29, 0.717) is 11.3 Å². The highest BCUT2D eigenvalue weighted by molar-refractivity contribution is 5.95. The lowest BCUT2D eigenvalue weighted by atomic mass is 9.89. The van der Waals surface area contributed by atoms with Crippen LogP contribution in [0.15, 0.2) is 85.3 Å². The molecule has 0 spiro atoms. The summed E-state index contributed by atoms with van der Waals surface area (Å²) in [5, 5.41) is 16.7. The van der Waals surface area contributed by atoms with Crippen molar-refractivity contribution in [2.45, 2.75) is 37.8 Å². The number of aryl methyl sites for hydroxylation is 1. The van der Waals surface area contributed by atoms with Crippen molar-refractivity contribution in [1.29, 1.82) is 5.26 Å². The molecule has 2 heterocycles. The van der Waals surface area contributed by atoms with Crippen molar-refractivity contribution in [2.75, 3.05) is 16.8 Å². The van der Waals surface area contributed by atoms with Gasteiger partial charge in [-0.25, -0.2) is 4.98 Å². The summed E-state index contributed by atoms with van der Waals surface area (Å²) < 4.78 is 7.61. The first-order valence-corrected chi connectivity index (χ1v) is 12.8. The lowest BCUT2D eigenvalue weighted by Gasteiger charge is -2.37. The van der Waals surface area contributed by atoms with E-state index >= 15 is 0 Å². The Balaban J connectivity index is 1.29. The van der Waals surface area contributed by atoms with Crippen molar-refractivity contribution in [2.24, 2.45) is 7.05 Å². The topological polar surface area (TPSA) is 96.1 Å². The molecule has 1 N–H and O–H groups in total. The highest BCUT2D eigenvalue weighted by Crippen LogP contribution is 2.31.